The van der Waals surface area contributed by atoms with Gasteiger partial charge in [-0.25, -0.2) is 10.8 Å². The first-order valence-electron chi connectivity index (χ1n) is 5.45. The van der Waals surface area contributed by atoms with Crippen LogP contribution in [0.5, 0.6) is 0 Å². The topological polar surface area (TPSA) is 67.1 Å². The Morgan fingerprint density at radius 1 is 1.62 bits per heavy atom. The maximum Gasteiger partial charge on any atom is 0.239 e. The number of hydrogen-bond donors (Lipinski definition) is 2. The van der Waals surface area contributed by atoms with Crippen molar-refractivity contribution in [1.82, 2.24) is 9.97 Å². The molecule has 1 atom stereocenters. The normalized spacial score (nSPS) is 20.9. The van der Waals surface area contributed by atoms with Gasteiger partial charge >= 0.3 is 0 Å². The Morgan fingerprint density at radius 2 is 2.44 bits per heavy atom. The van der Waals surface area contributed by atoms with Gasteiger partial charge in [0.15, 0.2) is 5.82 Å². The molecule has 0 radical (unpaired) electrons. The second kappa shape index (κ2) is 4.84. The smallest absolute Gasteiger partial charge is 0.239 e. The second-order valence-corrected chi connectivity index (χ2v) is 4.61. The van der Waals surface area contributed by atoms with Gasteiger partial charge < -0.3 is 4.90 Å². The van der Waals surface area contributed by atoms with E-state index in [0.29, 0.717) is 16.9 Å². The first-order valence-corrected chi connectivity index (χ1v) is 5.82. The first-order chi connectivity index (χ1) is 7.70. The number of hydrazine groups is 1. The number of hydrogen-bond acceptors (Lipinski definition) is 5. The molecular weight excluding hydrogens is 226 g/mol. The van der Waals surface area contributed by atoms with Gasteiger partial charge in [0.2, 0.25) is 5.95 Å². The van der Waals surface area contributed by atoms with Crippen molar-refractivity contribution in [3.8, 4) is 0 Å². The second-order valence-electron chi connectivity index (χ2n) is 4.20. The van der Waals surface area contributed by atoms with Crippen molar-refractivity contribution in [2.75, 3.05) is 23.4 Å². The van der Waals surface area contributed by atoms with Crippen LogP contribution in [0.4, 0.5) is 11.8 Å². The van der Waals surface area contributed by atoms with E-state index in [2.05, 4.69) is 27.2 Å². The highest BCUT2D eigenvalue weighted by atomic mass is 35.5. The van der Waals surface area contributed by atoms with Crippen LogP contribution in [-0.2, 0) is 0 Å². The number of aromatic nitrogens is 2. The lowest BCUT2D eigenvalue weighted by molar-refractivity contribution is 0.444. The largest absolute Gasteiger partial charge is 0.355 e. The number of nitrogens with one attached hydrogen (secondary N) is 1. The Balaban J connectivity index is 2.24. The summed E-state index contributed by atoms with van der Waals surface area (Å²) in [5.41, 5.74) is 2.44. The van der Waals surface area contributed by atoms with Crippen LogP contribution in [0.25, 0.3) is 0 Å². The molecule has 1 aliphatic heterocycles. The third-order valence-electron chi connectivity index (χ3n) is 2.81. The fourth-order valence-corrected chi connectivity index (χ4v) is 2.24. The molecular formula is C10H16ClN5. The molecule has 1 saturated heterocycles. The molecule has 1 aromatic heterocycles. The van der Waals surface area contributed by atoms with Crippen LogP contribution in [0.3, 0.4) is 0 Å². The molecule has 1 aliphatic rings. The molecule has 0 bridgehead atoms. The van der Waals surface area contributed by atoms with Crippen molar-refractivity contribution in [3.05, 3.63) is 11.2 Å². The number of nitrogens with two attached hydrogens (primary N) is 1. The molecule has 1 fully saturated rings. The highest BCUT2D eigenvalue weighted by molar-refractivity contribution is 6.32. The van der Waals surface area contributed by atoms with Gasteiger partial charge in [-0.2, -0.15) is 4.98 Å². The van der Waals surface area contributed by atoms with Gasteiger partial charge in [-0.3, -0.25) is 5.43 Å². The Hall–Kier alpha value is -1.07. The predicted molar refractivity (Wildman–Crippen MR) is 65.5 cm³/mol. The van der Waals surface area contributed by atoms with Crippen LogP contribution in [0.1, 0.15) is 19.8 Å². The summed E-state index contributed by atoms with van der Waals surface area (Å²) in [6.07, 6.45) is 4.02. The molecule has 88 valence electrons. The van der Waals surface area contributed by atoms with Crippen molar-refractivity contribution < 1.29 is 0 Å². The maximum atomic E-state index is 6.10. The van der Waals surface area contributed by atoms with Crippen molar-refractivity contribution in [3.63, 3.8) is 0 Å². The summed E-state index contributed by atoms with van der Waals surface area (Å²) in [5, 5.41) is 0.577. The number of nitrogens with zero attached hydrogens (tertiary/aromatic N) is 3. The van der Waals surface area contributed by atoms with Crippen molar-refractivity contribution >= 4 is 23.4 Å². The third-order valence-corrected chi connectivity index (χ3v) is 3.08. The number of rotatable bonds is 2. The van der Waals surface area contributed by atoms with Gasteiger partial charge in [-0.1, -0.05) is 18.5 Å². The van der Waals surface area contributed by atoms with Crippen LogP contribution in [0, 0.1) is 5.92 Å². The SMILES string of the molecule is CC1CCCN(c2nc(NN)ncc2Cl)C1. The van der Waals surface area contributed by atoms with Crippen LogP contribution >= 0.6 is 11.6 Å². The summed E-state index contributed by atoms with van der Waals surface area (Å²) >= 11 is 6.10. The number of anilines is 2. The molecule has 0 spiro atoms. The zero-order chi connectivity index (χ0) is 11.5. The van der Waals surface area contributed by atoms with Crippen LogP contribution in [-0.4, -0.2) is 23.1 Å². The summed E-state index contributed by atoms with van der Waals surface area (Å²) < 4.78 is 0. The van der Waals surface area contributed by atoms with E-state index in [1.807, 2.05) is 0 Å². The Kier molecular flexibility index (Phi) is 3.46. The lowest BCUT2D eigenvalue weighted by Crippen LogP contribution is -2.35. The molecule has 1 aromatic rings. The van der Waals surface area contributed by atoms with E-state index in [-0.39, 0.29) is 0 Å². The van der Waals surface area contributed by atoms with Gasteiger partial charge in [0.25, 0.3) is 0 Å². The molecule has 0 amide bonds. The molecule has 2 heterocycles. The summed E-state index contributed by atoms with van der Waals surface area (Å²) in [6.45, 7) is 4.22. The summed E-state index contributed by atoms with van der Waals surface area (Å²) in [4.78, 5) is 10.5. The van der Waals surface area contributed by atoms with E-state index in [0.717, 1.165) is 18.9 Å². The van der Waals surface area contributed by atoms with E-state index < -0.39 is 0 Å². The minimum Gasteiger partial charge on any atom is -0.355 e. The van der Waals surface area contributed by atoms with Gasteiger partial charge in [0.05, 0.1) is 6.20 Å². The van der Waals surface area contributed by atoms with E-state index in [9.17, 15) is 0 Å². The van der Waals surface area contributed by atoms with Gasteiger partial charge in [0, 0.05) is 13.1 Å². The van der Waals surface area contributed by atoms with Gasteiger partial charge in [0.1, 0.15) is 5.02 Å². The van der Waals surface area contributed by atoms with Crippen LogP contribution in [0.15, 0.2) is 6.20 Å². The van der Waals surface area contributed by atoms with Crippen LogP contribution in [0.2, 0.25) is 5.02 Å². The highest BCUT2D eigenvalue weighted by Crippen LogP contribution is 2.27. The van der Waals surface area contributed by atoms with E-state index in [4.69, 9.17) is 17.4 Å². The van der Waals surface area contributed by atoms with Gasteiger partial charge in [-0.05, 0) is 18.8 Å². The number of piperidine rings is 1. The zero-order valence-corrected chi connectivity index (χ0v) is 10.0. The van der Waals surface area contributed by atoms with Crippen LogP contribution < -0.4 is 16.2 Å². The minimum absolute atomic E-state index is 0.401. The van der Waals surface area contributed by atoms with Crippen molar-refractivity contribution in [2.45, 2.75) is 19.8 Å². The van der Waals surface area contributed by atoms with Crippen molar-refractivity contribution in [1.29, 1.82) is 0 Å². The summed E-state index contributed by atoms with van der Waals surface area (Å²) in [7, 11) is 0. The molecule has 0 aliphatic carbocycles. The van der Waals surface area contributed by atoms with Gasteiger partial charge in [-0.15, -0.1) is 0 Å². The molecule has 0 aromatic carbocycles. The lowest BCUT2D eigenvalue weighted by Gasteiger charge is -2.32. The molecule has 16 heavy (non-hydrogen) atoms. The Bertz CT molecular complexity index is 370. The van der Waals surface area contributed by atoms with E-state index in [1.165, 1.54) is 12.8 Å². The predicted octanol–water partition coefficient (Wildman–Crippen LogP) is 1.65. The molecule has 6 heteroatoms. The summed E-state index contributed by atoms with van der Waals surface area (Å²) in [6, 6.07) is 0. The molecule has 1 unspecified atom stereocenters. The maximum absolute atomic E-state index is 6.10. The average Bonchev–Trinajstić information content (AvgIpc) is 2.30. The Morgan fingerprint density at radius 3 is 3.12 bits per heavy atom. The standard InChI is InChI=1S/C10H16ClN5/c1-7-3-2-4-16(6-7)9-8(11)5-13-10(14-9)15-12/h5,7H,2-4,6,12H2,1H3,(H,13,14,15). The quantitative estimate of drug-likeness (QED) is 0.609. The van der Waals surface area contributed by atoms with E-state index >= 15 is 0 Å². The first kappa shape index (κ1) is 11.4. The Labute approximate surface area is 100.0 Å². The number of nitrogen functional groups attached to an aromatic ring is 1. The average molecular weight is 242 g/mol. The van der Waals surface area contributed by atoms with E-state index in [1.54, 1.807) is 6.20 Å². The molecule has 0 saturated carbocycles. The molecule has 5 nitrogen and oxygen atoms in total. The third kappa shape index (κ3) is 2.36. The fraction of sp³-hybridized carbons (Fsp3) is 0.600. The van der Waals surface area contributed by atoms with Crippen molar-refractivity contribution in [2.24, 2.45) is 11.8 Å². The fourth-order valence-electron chi connectivity index (χ4n) is 2.03. The summed E-state index contributed by atoms with van der Waals surface area (Å²) in [5.74, 6) is 7.14. The number of halogens is 1. The monoisotopic (exact) mass is 241 g/mol. The molecule has 2 rings (SSSR count). The lowest BCUT2D eigenvalue weighted by atomic mass is 10.0. The minimum atomic E-state index is 0.401. The molecule has 3 N–H and O–H groups in total. The zero-order valence-electron chi connectivity index (χ0n) is 9.28. The highest BCUT2D eigenvalue weighted by Gasteiger charge is 2.20.